The van der Waals surface area contributed by atoms with Crippen LogP contribution in [0.3, 0.4) is 0 Å². The molecule has 1 saturated carbocycles. The quantitative estimate of drug-likeness (QED) is 0.720. The number of amides is 1. The Morgan fingerprint density at radius 2 is 2.21 bits per heavy atom. The molecule has 2 N–H and O–H groups in total. The summed E-state index contributed by atoms with van der Waals surface area (Å²) >= 11 is 0. The molecule has 104 valence electrons. The van der Waals surface area contributed by atoms with E-state index < -0.39 is 6.29 Å². The number of hydrogen-bond donors (Lipinski definition) is 2. The lowest BCUT2D eigenvalue weighted by molar-refractivity contribution is -0.0974. The highest BCUT2D eigenvalue weighted by atomic mass is 16.7. The van der Waals surface area contributed by atoms with Crippen molar-refractivity contribution in [3.63, 3.8) is 0 Å². The number of aromatic nitrogens is 1. The third-order valence-corrected chi connectivity index (χ3v) is 2.91. The van der Waals surface area contributed by atoms with Gasteiger partial charge in [-0.1, -0.05) is 0 Å². The van der Waals surface area contributed by atoms with Crippen LogP contribution in [0.2, 0.25) is 0 Å². The molecule has 0 spiro atoms. The van der Waals surface area contributed by atoms with Crippen LogP contribution < -0.4 is 10.6 Å². The van der Waals surface area contributed by atoms with Gasteiger partial charge in [-0.25, -0.2) is 4.98 Å². The summed E-state index contributed by atoms with van der Waals surface area (Å²) in [6.45, 7) is 0.305. The summed E-state index contributed by atoms with van der Waals surface area (Å²) in [7, 11) is 3.06. The van der Waals surface area contributed by atoms with E-state index in [1.54, 1.807) is 18.3 Å². The zero-order valence-corrected chi connectivity index (χ0v) is 11.2. The van der Waals surface area contributed by atoms with Crippen molar-refractivity contribution in [1.29, 1.82) is 0 Å². The number of ether oxygens (including phenoxy) is 2. The fourth-order valence-electron chi connectivity index (χ4n) is 1.63. The van der Waals surface area contributed by atoms with Gasteiger partial charge in [0, 0.05) is 32.0 Å². The predicted molar refractivity (Wildman–Crippen MR) is 71.0 cm³/mol. The summed E-state index contributed by atoms with van der Waals surface area (Å²) in [4.78, 5) is 16.1. The lowest BCUT2D eigenvalue weighted by Crippen LogP contribution is -2.34. The van der Waals surface area contributed by atoms with Crippen LogP contribution in [-0.2, 0) is 9.47 Å². The van der Waals surface area contributed by atoms with E-state index in [-0.39, 0.29) is 5.91 Å². The van der Waals surface area contributed by atoms with E-state index in [1.807, 2.05) is 0 Å². The SMILES string of the molecule is COC(CNC(=O)c1ccnc(NC2CC2)c1)OC. The van der Waals surface area contributed by atoms with Gasteiger partial charge >= 0.3 is 0 Å². The smallest absolute Gasteiger partial charge is 0.251 e. The Balaban J connectivity index is 1.90. The van der Waals surface area contributed by atoms with Gasteiger partial charge in [-0.3, -0.25) is 4.79 Å². The van der Waals surface area contributed by atoms with E-state index in [4.69, 9.17) is 9.47 Å². The standard InChI is InChI=1S/C13H19N3O3/c1-18-12(19-2)8-15-13(17)9-5-6-14-11(7-9)16-10-3-4-10/h5-7,10,12H,3-4,8H2,1-2H3,(H,14,16)(H,15,17). The fourth-order valence-corrected chi connectivity index (χ4v) is 1.63. The molecule has 0 atom stereocenters. The van der Waals surface area contributed by atoms with E-state index in [2.05, 4.69) is 15.6 Å². The number of anilines is 1. The van der Waals surface area contributed by atoms with Crippen LogP contribution in [0.25, 0.3) is 0 Å². The molecule has 1 aliphatic rings. The van der Waals surface area contributed by atoms with Gasteiger partial charge in [-0.15, -0.1) is 0 Å². The Morgan fingerprint density at radius 1 is 1.47 bits per heavy atom. The molecule has 1 aromatic heterocycles. The minimum Gasteiger partial charge on any atom is -0.367 e. The summed E-state index contributed by atoms with van der Waals surface area (Å²) < 4.78 is 10.0. The first-order chi connectivity index (χ1) is 9.22. The second-order valence-corrected chi connectivity index (χ2v) is 4.46. The van der Waals surface area contributed by atoms with Crippen molar-refractivity contribution < 1.29 is 14.3 Å². The molecule has 1 fully saturated rings. The molecular weight excluding hydrogens is 246 g/mol. The first kappa shape index (κ1) is 13.8. The van der Waals surface area contributed by atoms with Crippen LogP contribution in [0.1, 0.15) is 23.2 Å². The molecule has 0 saturated heterocycles. The topological polar surface area (TPSA) is 72.5 Å². The Hall–Kier alpha value is -1.66. The third-order valence-electron chi connectivity index (χ3n) is 2.91. The molecule has 0 bridgehead atoms. The number of nitrogens with one attached hydrogen (secondary N) is 2. The number of methoxy groups -OCH3 is 2. The molecule has 2 rings (SSSR count). The molecule has 6 heteroatoms. The van der Waals surface area contributed by atoms with E-state index in [1.165, 1.54) is 27.1 Å². The van der Waals surface area contributed by atoms with Crippen LogP contribution in [0.4, 0.5) is 5.82 Å². The molecule has 0 aromatic carbocycles. The fraction of sp³-hybridized carbons (Fsp3) is 0.538. The Kier molecular flexibility index (Phi) is 4.70. The number of carbonyl (C=O) groups is 1. The minimum atomic E-state index is -0.435. The lowest BCUT2D eigenvalue weighted by Gasteiger charge is -2.14. The van der Waals surface area contributed by atoms with E-state index in [9.17, 15) is 4.79 Å². The molecule has 0 aliphatic heterocycles. The van der Waals surface area contributed by atoms with Gasteiger partial charge in [0.05, 0.1) is 6.54 Å². The van der Waals surface area contributed by atoms with Gasteiger partial charge in [0.15, 0.2) is 6.29 Å². The van der Waals surface area contributed by atoms with Crippen LogP contribution in [0, 0.1) is 0 Å². The van der Waals surface area contributed by atoms with Crippen LogP contribution in [-0.4, -0.2) is 44.0 Å². The number of hydrogen-bond acceptors (Lipinski definition) is 5. The van der Waals surface area contributed by atoms with E-state index in [0.29, 0.717) is 18.2 Å². The van der Waals surface area contributed by atoms with Gasteiger partial charge in [0.25, 0.3) is 5.91 Å². The molecule has 1 aliphatic carbocycles. The highest BCUT2D eigenvalue weighted by Gasteiger charge is 2.21. The Morgan fingerprint density at radius 3 is 2.84 bits per heavy atom. The van der Waals surface area contributed by atoms with Crippen molar-refractivity contribution in [3.05, 3.63) is 23.9 Å². The predicted octanol–water partition coefficient (Wildman–Crippen LogP) is 1.00. The summed E-state index contributed by atoms with van der Waals surface area (Å²) in [5.74, 6) is 0.575. The van der Waals surface area contributed by atoms with Gasteiger partial charge in [-0.2, -0.15) is 0 Å². The molecular formula is C13H19N3O3. The molecule has 1 heterocycles. The maximum absolute atomic E-state index is 12.0. The van der Waals surface area contributed by atoms with Crippen molar-refractivity contribution in [1.82, 2.24) is 10.3 Å². The summed E-state index contributed by atoms with van der Waals surface area (Å²) in [5.41, 5.74) is 0.573. The number of pyridine rings is 1. The summed E-state index contributed by atoms with van der Waals surface area (Å²) in [5, 5.41) is 6.01. The number of rotatable bonds is 7. The van der Waals surface area contributed by atoms with Crippen molar-refractivity contribution in [2.24, 2.45) is 0 Å². The normalized spacial score (nSPS) is 14.5. The van der Waals surface area contributed by atoms with Gasteiger partial charge in [0.2, 0.25) is 0 Å². The van der Waals surface area contributed by atoms with Gasteiger partial charge in [-0.05, 0) is 25.0 Å². The minimum absolute atomic E-state index is 0.166. The Bertz CT molecular complexity index is 431. The van der Waals surface area contributed by atoms with Crippen molar-refractivity contribution in [2.75, 3.05) is 26.1 Å². The summed E-state index contributed by atoms with van der Waals surface area (Å²) in [6.07, 6.45) is 3.53. The molecule has 0 radical (unpaired) electrons. The average molecular weight is 265 g/mol. The van der Waals surface area contributed by atoms with Gasteiger partial charge in [0.1, 0.15) is 5.82 Å². The van der Waals surface area contributed by atoms with Crippen LogP contribution >= 0.6 is 0 Å². The van der Waals surface area contributed by atoms with Gasteiger partial charge < -0.3 is 20.1 Å². The Labute approximate surface area is 112 Å². The molecule has 19 heavy (non-hydrogen) atoms. The third kappa shape index (κ3) is 4.18. The zero-order chi connectivity index (χ0) is 13.7. The second kappa shape index (κ2) is 6.49. The van der Waals surface area contributed by atoms with Crippen LogP contribution in [0.5, 0.6) is 0 Å². The largest absolute Gasteiger partial charge is 0.367 e. The maximum atomic E-state index is 12.0. The lowest BCUT2D eigenvalue weighted by atomic mass is 10.2. The van der Waals surface area contributed by atoms with Crippen LogP contribution in [0.15, 0.2) is 18.3 Å². The van der Waals surface area contributed by atoms with Crippen molar-refractivity contribution in [2.45, 2.75) is 25.2 Å². The number of carbonyl (C=O) groups excluding carboxylic acids is 1. The van der Waals surface area contributed by atoms with E-state index >= 15 is 0 Å². The highest BCUT2D eigenvalue weighted by molar-refractivity contribution is 5.94. The molecule has 1 aromatic rings. The monoisotopic (exact) mass is 265 g/mol. The maximum Gasteiger partial charge on any atom is 0.251 e. The molecule has 6 nitrogen and oxygen atoms in total. The summed E-state index contributed by atoms with van der Waals surface area (Å²) in [6, 6.07) is 3.95. The van der Waals surface area contributed by atoms with E-state index in [0.717, 1.165) is 5.82 Å². The first-order valence-corrected chi connectivity index (χ1v) is 6.29. The number of nitrogens with zero attached hydrogens (tertiary/aromatic N) is 1. The molecule has 0 unspecified atom stereocenters. The van der Waals surface area contributed by atoms with Crippen molar-refractivity contribution in [3.8, 4) is 0 Å². The average Bonchev–Trinajstić information content (AvgIpc) is 3.24. The zero-order valence-electron chi connectivity index (χ0n) is 11.2. The molecule has 1 amide bonds. The highest BCUT2D eigenvalue weighted by Crippen LogP contribution is 2.23. The van der Waals surface area contributed by atoms with Crippen molar-refractivity contribution >= 4 is 11.7 Å². The second-order valence-electron chi connectivity index (χ2n) is 4.46. The first-order valence-electron chi connectivity index (χ1n) is 6.29.